The predicted molar refractivity (Wildman–Crippen MR) is 216 cm³/mol. The summed E-state index contributed by atoms with van der Waals surface area (Å²) in [6.45, 7) is 8.77. The number of rotatable bonds is 11. The number of aromatic nitrogens is 5. The van der Waals surface area contributed by atoms with Gasteiger partial charge in [0.2, 0.25) is 11.8 Å². The summed E-state index contributed by atoms with van der Waals surface area (Å²) in [5.74, 6) is 0.913. The smallest absolute Gasteiger partial charge is 0.407 e. The molecule has 3 aromatic heterocycles. The van der Waals surface area contributed by atoms with Crippen LogP contribution in [0, 0.1) is 11.8 Å². The molecule has 300 valence electrons. The van der Waals surface area contributed by atoms with Crippen LogP contribution in [-0.2, 0) is 19.1 Å². The Balaban J connectivity index is 1.03. The first kappa shape index (κ1) is 39.5. The zero-order chi connectivity index (χ0) is 40.4. The molecule has 2 aliphatic rings. The zero-order valence-electron chi connectivity index (χ0n) is 33.0. The Morgan fingerprint density at radius 3 is 1.68 bits per heavy atom. The number of hydrogen-bond acceptors (Lipinski definition) is 10. The van der Waals surface area contributed by atoms with Gasteiger partial charge < -0.3 is 39.9 Å². The number of aromatic amines is 2. The molecule has 0 spiro atoms. The fourth-order valence-electron chi connectivity index (χ4n) is 7.70. The van der Waals surface area contributed by atoms with Gasteiger partial charge in [-0.3, -0.25) is 9.59 Å². The van der Waals surface area contributed by atoms with Gasteiger partial charge in [-0.25, -0.2) is 24.5 Å². The van der Waals surface area contributed by atoms with Gasteiger partial charge in [0, 0.05) is 24.2 Å². The molecule has 16 heteroatoms. The number of nitrogens with one attached hydrogen (secondary N) is 4. The van der Waals surface area contributed by atoms with Crippen LogP contribution < -0.4 is 10.6 Å². The third-order valence-electron chi connectivity index (χ3n) is 10.8. The van der Waals surface area contributed by atoms with E-state index in [1.807, 2.05) is 64.1 Å². The van der Waals surface area contributed by atoms with E-state index in [1.54, 1.807) is 33.5 Å². The van der Waals surface area contributed by atoms with Crippen LogP contribution in [0.3, 0.4) is 0 Å². The van der Waals surface area contributed by atoms with Crippen LogP contribution in [0.15, 0.2) is 54.9 Å². The van der Waals surface area contributed by atoms with Crippen molar-refractivity contribution in [3.05, 3.63) is 66.5 Å². The first-order valence-electron chi connectivity index (χ1n) is 19.4. The predicted octanol–water partition coefficient (Wildman–Crippen LogP) is 6.83. The van der Waals surface area contributed by atoms with Gasteiger partial charge in [-0.1, -0.05) is 58.0 Å². The number of hydrogen-bond donors (Lipinski definition) is 4. The average molecular weight is 796 g/mol. The molecule has 5 heterocycles. The Kier molecular flexibility index (Phi) is 11.6. The van der Waals surface area contributed by atoms with E-state index in [0.717, 1.165) is 69.0 Å². The highest BCUT2D eigenvalue weighted by Gasteiger charge is 2.39. The second kappa shape index (κ2) is 16.8. The monoisotopic (exact) mass is 795 g/mol. The van der Waals surface area contributed by atoms with Crippen LogP contribution in [0.5, 0.6) is 0 Å². The van der Waals surface area contributed by atoms with Crippen molar-refractivity contribution in [1.82, 2.24) is 45.4 Å². The molecule has 4 atom stereocenters. The molecule has 7 rings (SSSR count). The molecule has 2 fully saturated rings. The molecule has 0 radical (unpaired) electrons. The number of benzene rings is 2. The molecule has 4 unspecified atom stereocenters. The van der Waals surface area contributed by atoms with Crippen LogP contribution in [0.25, 0.3) is 43.3 Å². The van der Waals surface area contributed by atoms with Gasteiger partial charge in [0.25, 0.3) is 0 Å². The summed E-state index contributed by atoms with van der Waals surface area (Å²) in [4.78, 5) is 75.9. The molecule has 4 N–H and O–H groups in total. The van der Waals surface area contributed by atoms with Crippen LogP contribution in [-0.4, -0.2) is 98.1 Å². The van der Waals surface area contributed by atoms with Crippen LogP contribution in [0.4, 0.5) is 9.59 Å². The van der Waals surface area contributed by atoms with Crippen LogP contribution >= 0.6 is 11.3 Å². The van der Waals surface area contributed by atoms with Gasteiger partial charge in [-0.15, -0.1) is 11.3 Å². The lowest BCUT2D eigenvalue weighted by molar-refractivity contribution is -0.136. The Labute approximate surface area is 335 Å². The molecule has 4 amide bonds. The summed E-state index contributed by atoms with van der Waals surface area (Å²) in [6.07, 6.45) is 5.57. The fourth-order valence-corrected chi connectivity index (χ4v) is 8.65. The minimum absolute atomic E-state index is 0.109. The third-order valence-corrected chi connectivity index (χ3v) is 11.9. The van der Waals surface area contributed by atoms with Gasteiger partial charge in [-0.2, -0.15) is 0 Å². The summed E-state index contributed by atoms with van der Waals surface area (Å²) >= 11 is 1.62. The molecule has 5 aromatic rings. The number of fused-ring (bicyclic) bond motifs is 1. The topological polar surface area (TPSA) is 188 Å². The number of H-pyrrole nitrogens is 2. The van der Waals surface area contributed by atoms with Crippen molar-refractivity contribution < 1.29 is 28.7 Å². The van der Waals surface area contributed by atoms with E-state index in [1.165, 1.54) is 14.2 Å². The van der Waals surface area contributed by atoms with E-state index in [9.17, 15) is 19.2 Å². The van der Waals surface area contributed by atoms with Crippen molar-refractivity contribution in [3.63, 3.8) is 0 Å². The highest BCUT2D eigenvalue weighted by atomic mass is 32.1. The summed E-state index contributed by atoms with van der Waals surface area (Å²) in [5.41, 5.74) is 5.44. The summed E-state index contributed by atoms with van der Waals surface area (Å²) in [5, 5.41) is 6.28. The lowest BCUT2D eigenvalue weighted by Gasteiger charge is -2.30. The second-order valence-corrected chi connectivity index (χ2v) is 16.3. The normalized spacial score (nSPS) is 18.0. The minimum atomic E-state index is -0.697. The number of nitrogens with zero attached hydrogens (tertiary/aromatic N) is 5. The Hall–Kier alpha value is -5.77. The van der Waals surface area contributed by atoms with Gasteiger partial charge in [0.15, 0.2) is 0 Å². The number of methoxy groups -OCH3 is 2. The van der Waals surface area contributed by atoms with Gasteiger partial charge >= 0.3 is 12.2 Å². The lowest BCUT2D eigenvalue weighted by Crippen LogP contribution is -2.51. The van der Waals surface area contributed by atoms with Crippen molar-refractivity contribution >= 4 is 45.6 Å². The number of carbonyl (C=O) groups excluding carboxylic acids is 4. The molecule has 0 bridgehead atoms. The largest absolute Gasteiger partial charge is 0.453 e. The van der Waals surface area contributed by atoms with Gasteiger partial charge in [-0.05, 0) is 55.2 Å². The van der Waals surface area contributed by atoms with Crippen molar-refractivity contribution in [1.29, 1.82) is 0 Å². The number of carbonyl (C=O) groups is 4. The molecule has 0 aliphatic carbocycles. The van der Waals surface area contributed by atoms with E-state index in [0.29, 0.717) is 24.7 Å². The van der Waals surface area contributed by atoms with Crippen molar-refractivity contribution in [2.75, 3.05) is 27.3 Å². The number of amides is 4. The van der Waals surface area contributed by atoms with Crippen molar-refractivity contribution in [3.8, 4) is 33.1 Å². The Bertz CT molecular complexity index is 2250. The summed E-state index contributed by atoms with van der Waals surface area (Å²) in [6, 6.07) is 12.5. The lowest BCUT2D eigenvalue weighted by atomic mass is 10.0. The average Bonchev–Trinajstić information content (AvgIpc) is 4.06. The second-order valence-electron chi connectivity index (χ2n) is 15.2. The van der Waals surface area contributed by atoms with Crippen LogP contribution in [0.2, 0.25) is 0 Å². The molecule has 2 saturated heterocycles. The highest BCUT2D eigenvalue weighted by molar-refractivity contribution is 7.21. The quantitative estimate of drug-likeness (QED) is 0.111. The highest BCUT2D eigenvalue weighted by Crippen LogP contribution is 2.37. The van der Waals surface area contributed by atoms with Crippen LogP contribution in [0.1, 0.15) is 77.1 Å². The Morgan fingerprint density at radius 1 is 0.719 bits per heavy atom. The number of ether oxygens (including phenoxy) is 2. The number of thiazole rings is 1. The summed E-state index contributed by atoms with van der Waals surface area (Å²) < 4.78 is 10.6. The van der Waals surface area contributed by atoms with E-state index in [-0.39, 0.29) is 35.7 Å². The molecule has 57 heavy (non-hydrogen) atoms. The molecular weight excluding hydrogens is 747 g/mol. The zero-order valence-corrected chi connectivity index (χ0v) is 33.8. The molecular formula is C41H49N9O6S. The number of imidazole rings is 2. The number of likely N-dealkylation sites (tertiary alicyclic amines) is 2. The third kappa shape index (κ3) is 8.22. The van der Waals surface area contributed by atoms with Gasteiger partial charge in [0.1, 0.15) is 28.7 Å². The van der Waals surface area contributed by atoms with E-state index in [4.69, 9.17) is 19.4 Å². The fraction of sp³-hybridized carbons (Fsp3) is 0.439. The maximum Gasteiger partial charge on any atom is 0.407 e. The molecule has 2 aromatic carbocycles. The SMILES string of the molecule is COC(=O)NC(C(=O)N1CCCC1c1ncc(-c2ccc(-c3nc4cc(-c5cnc(C6CCCN6C(=O)C(NC(=O)OC)C(C)C)[nH]5)ccc4s3)cc2)[nH]1)C(C)C. The summed E-state index contributed by atoms with van der Waals surface area (Å²) in [7, 11) is 2.58. The first-order valence-corrected chi connectivity index (χ1v) is 20.2. The van der Waals surface area contributed by atoms with E-state index < -0.39 is 24.3 Å². The van der Waals surface area contributed by atoms with E-state index in [2.05, 4.69) is 31.7 Å². The maximum atomic E-state index is 13.6. The van der Waals surface area contributed by atoms with Crippen molar-refractivity contribution in [2.24, 2.45) is 11.8 Å². The minimum Gasteiger partial charge on any atom is -0.453 e. The Morgan fingerprint density at radius 2 is 1.19 bits per heavy atom. The maximum absolute atomic E-state index is 13.6. The van der Waals surface area contributed by atoms with Gasteiger partial charge in [0.05, 0.1) is 60.3 Å². The molecule has 0 saturated carbocycles. The number of alkyl carbamates (subject to hydrolysis) is 2. The molecule has 15 nitrogen and oxygen atoms in total. The van der Waals surface area contributed by atoms with Crippen molar-refractivity contribution in [2.45, 2.75) is 77.5 Å². The first-order chi connectivity index (χ1) is 27.4. The molecule has 2 aliphatic heterocycles. The van der Waals surface area contributed by atoms with E-state index >= 15 is 0 Å². The standard InChI is InChI=1S/C41H49N9O6S/c1-22(2)33(47-40(53)55-5)38(51)49-17-7-9-30(49)35-42-20-28(44-35)24-11-13-25(14-12-24)37-46-27-19-26(15-16-32(27)57-37)29-21-43-36(45-29)31-10-8-18-50(31)39(52)34(23(3)4)48-41(54)56-6/h11-16,19-23,30-31,33-34H,7-10,17-18H2,1-6H3,(H,42,44)(H,43,45)(H,47,53)(H,48,54).